The lowest BCUT2D eigenvalue weighted by atomic mass is 10.0. The second kappa shape index (κ2) is 7.54. The lowest BCUT2D eigenvalue weighted by Crippen LogP contribution is -2.43. The molecule has 28 heavy (non-hydrogen) atoms. The number of benzene rings is 2. The minimum Gasteiger partial charge on any atom is -0.497 e. The first-order chi connectivity index (χ1) is 13.5. The lowest BCUT2D eigenvalue weighted by molar-refractivity contribution is -0.132. The molecule has 1 saturated heterocycles. The molecule has 1 fully saturated rings. The third-order valence-corrected chi connectivity index (χ3v) is 5.48. The molecule has 1 aliphatic heterocycles. The van der Waals surface area contributed by atoms with Gasteiger partial charge in [-0.05, 0) is 55.2 Å². The van der Waals surface area contributed by atoms with Crippen molar-refractivity contribution < 1.29 is 9.53 Å². The molecular formula is C22H25N3O3. The highest BCUT2D eigenvalue weighted by Crippen LogP contribution is 2.25. The molecule has 6 nitrogen and oxygen atoms in total. The number of ether oxygens (including phenoxy) is 1. The van der Waals surface area contributed by atoms with Gasteiger partial charge in [-0.25, -0.2) is 4.79 Å². The molecule has 0 unspecified atom stereocenters. The molecule has 1 N–H and O–H groups in total. The van der Waals surface area contributed by atoms with Crippen LogP contribution in [0.25, 0.3) is 11.0 Å². The van der Waals surface area contributed by atoms with E-state index in [1.165, 1.54) is 0 Å². The summed E-state index contributed by atoms with van der Waals surface area (Å²) in [5.41, 5.74) is 3.70. The minimum atomic E-state index is -0.104. The second-order valence-electron chi connectivity index (χ2n) is 7.48. The summed E-state index contributed by atoms with van der Waals surface area (Å²) < 4.78 is 7.07. The first-order valence-electron chi connectivity index (χ1n) is 9.67. The monoisotopic (exact) mass is 379 g/mol. The largest absolute Gasteiger partial charge is 0.497 e. The molecule has 0 bridgehead atoms. The molecule has 2 heterocycles. The molecule has 3 aromatic rings. The quantitative estimate of drug-likeness (QED) is 0.758. The summed E-state index contributed by atoms with van der Waals surface area (Å²) >= 11 is 0. The van der Waals surface area contributed by atoms with Crippen LogP contribution in [0.1, 0.15) is 30.0 Å². The van der Waals surface area contributed by atoms with Gasteiger partial charge in [-0.1, -0.05) is 18.2 Å². The number of hydrogen-bond acceptors (Lipinski definition) is 3. The number of rotatable bonds is 4. The van der Waals surface area contributed by atoms with E-state index >= 15 is 0 Å². The second-order valence-corrected chi connectivity index (χ2v) is 7.48. The smallest absolute Gasteiger partial charge is 0.326 e. The summed E-state index contributed by atoms with van der Waals surface area (Å²) in [4.78, 5) is 30.3. The van der Waals surface area contributed by atoms with Crippen molar-refractivity contribution in [3.8, 4) is 5.75 Å². The summed E-state index contributed by atoms with van der Waals surface area (Å²) in [5.74, 6) is 0.838. The van der Waals surface area contributed by atoms with E-state index in [1.54, 1.807) is 7.11 Å². The van der Waals surface area contributed by atoms with Gasteiger partial charge in [0.05, 0.1) is 30.6 Å². The third kappa shape index (κ3) is 3.54. The standard InChI is InChI=1S/C22H25N3O3/c1-15-8-9-19-20(11-15)25(22(27)23-19)17-6-4-10-24(14-17)21(26)13-16-5-3-7-18(12-16)28-2/h3,5,7-9,11-12,17H,4,6,10,13-14H2,1-2H3,(H,23,27)/t17-/m0/s1. The summed E-state index contributed by atoms with van der Waals surface area (Å²) in [6.45, 7) is 3.31. The molecule has 1 amide bonds. The van der Waals surface area contributed by atoms with Gasteiger partial charge >= 0.3 is 5.69 Å². The van der Waals surface area contributed by atoms with Crippen molar-refractivity contribution in [1.82, 2.24) is 14.5 Å². The number of imidazole rings is 1. The number of piperidine rings is 1. The average Bonchev–Trinajstić information content (AvgIpc) is 3.03. The lowest BCUT2D eigenvalue weighted by Gasteiger charge is -2.33. The molecule has 0 aliphatic carbocycles. The number of aromatic nitrogens is 2. The molecular weight excluding hydrogens is 354 g/mol. The predicted octanol–water partition coefficient (Wildman–Crippen LogP) is 3.05. The van der Waals surface area contributed by atoms with E-state index in [-0.39, 0.29) is 17.6 Å². The van der Waals surface area contributed by atoms with Crippen LogP contribution in [-0.4, -0.2) is 40.6 Å². The van der Waals surface area contributed by atoms with Crippen LogP contribution in [0, 0.1) is 6.92 Å². The molecule has 0 spiro atoms. The Balaban J connectivity index is 1.55. The molecule has 0 radical (unpaired) electrons. The van der Waals surface area contributed by atoms with Crippen molar-refractivity contribution in [2.45, 2.75) is 32.2 Å². The first kappa shape index (κ1) is 18.3. The number of likely N-dealkylation sites (tertiary alicyclic amines) is 1. The maximum atomic E-state index is 12.9. The SMILES string of the molecule is COc1cccc(CC(=O)N2CCC[C@H](n3c(=O)[nH]c4ccc(C)cc43)C2)c1. The number of amides is 1. The number of fused-ring (bicyclic) bond motifs is 1. The Labute approximate surface area is 163 Å². The number of carbonyl (C=O) groups is 1. The number of nitrogens with one attached hydrogen (secondary N) is 1. The highest BCUT2D eigenvalue weighted by molar-refractivity contribution is 5.79. The average molecular weight is 379 g/mol. The van der Waals surface area contributed by atoms with E-state index < -0.39 is 0 Å². The van der Waals surface area contributed by atoms with Crippen molar-refractivity contribution in [3.05, 3.63) is 64.1 Å². The topological polar surface area (TPSA) is 67.3 Å². The predicted molar refractivity (Wildman–Crippen MR) is 109 cm³/mol. The summed E-state index contributed by atoms with van der Waals surface area (Å²) in [6, 6.07) is 13.6. The van der Waals surface area contributed by atoms with Crippen molar-refractivity contribution in [3.63, 3.8) is 0 Å². The van der Waals surface area contributed by atoms with Crippen LogP contribution in [0.15, 0.2) is 47.3 Å². The molecule has 6 heteroatoms. The fourth-order valence-electron chi connectivity index (χ4n) is 4.05. The van der Waals surface area contributed by atoms with Crippen molar-refractivity contribution in [2.75, 3.05) is 20.2 Å². The van der Waals surface area contributed by atoms with Gasteiger partial charge < -0.3 is 14.6 Å². The van der Waals surface area contributed by atoms with Crippen molar-refractivity contribution >= 4 is 16.9 Å². The molecule has 2 aromatic carbocycles. The number of methoxy groups -OCH3 is 1. The zero-order valence-electron chi connectivity index (χ0n) is 16.3. The van der Waals surface area contributed by atoms with Crippen LogP contribution in [0.5, 0.6) is 5.75 Å². The van der Waals surface area contributed by atoms with E-state index in [2.05, 4.69) is 4.98 Å². The van der Waals surface area contributed by atoms with E-state index in [9.17, 15) is 9.59 Å². The Morgan fingerprint density at radius 3 is 2.93 bits per heavy atom. The Hall–Kier alpha value is -3.02. The maximum absolute atomic E-state index is 12.9. The van der Waals surface area contributed by atoms with Gasteiger partial charge in [0.2, 0.25) is 5.91 Å². The highest BCUT2D eigenvalue weighted by Gasteiger charge is 2.27. The Morgan fingerprint density at radius 2 is 2.11 bits per heavy atom. The van der Waals surface area contributed by atoms with Crippen LogP contribution < -0.4 is 10.4 Å². The van der Waals surface area contributed by atoms with Crippen LogP contribution in [-0.2, 0) is 11.2 Å². The van der Waals surface area contributed by atoms with Gasteiger partial charge in [0.1, 0.15) is 5.75 Å². The van der Waals surface area contributed by atoms with Crippen LogP contribution in [0.2, 0.25) is 0 Å². The van der Waals surface area contributed by atoms with Crippen LogP contribution >= 0.6 is 0 Å². The molecule has 0 saturated carbocycles. The number of H-pyrrole nitrogens is 1. The molecule has 1 aromatic heterocycles. The normalized spacial score (nSPS) is 17.1. The van der Waals surface area contributed by atoms with Gasteiger partial charge in [-0.3, -0.25) is 9.36 Å². The van der Waals surface area contributed by atoms with Gasteiger partial charge in [-0.2, -0.15) is 0 Å². The van der Waals surface area contributed by atoms with Gasteiger partial charge in [-0.15, -0.1) is 0 Å². The Kier molecular flexibility index (Phi) is 4.94. The number of aryl methyl sites for hydroxylation is 1. The van der Waals surface area contributed by atoms with E-state index in [0.717, 1.165) is 47.3 Å². The summed E-state index contributed by atoms with van der Waals surface area (Å²) in [6.07, 6.45) is 2.12. The van der Waals surface area contributed by atoms with Crippen molar-refractivity contribution in [2.24, 2.45) is 0 Å². The first-order valence-corrected chi connectivity index (χ1v) is 9.67. The zero-order chi connectivity index (χ0) is 19.7. The fourth-order valence-corrected chi connectivity index (χ4v) is 4.05. The van der Waals surface area contributed by atoms with Gasteiger partial charge in [0.25, 0.3) is 0 Å². The number of aromatic amines is 1. The Morgan fingerprint density at radius 1 is 1.25 bits per heavy atom. The molecule has 1 atom stereocenters. The number of nitrogens with zero attached hydrogens (tertiary/aromatic N) is 2. The summed E-state index contributed by atoms with van der Waals surface area (Å²) in [5, 5.41) is 0. The van der Waals surface area contributed by atoms with E-state index in [1.807, 2.05) is 58.9 Å². The van der Waals surface area contributed by atoms with Crippen molar-refractivity contribution in [1.29, 1.82) is 0 Å². The molecule has 1 aliphatic rings. The fraction of sp³-hybridized carbons (Fsp3) is 0.364. The van der Waals surface area contributed by atoms with Gasteiger partial charge in [0.15, 0.2) is 0 Å². The molecule has 146 valence electrons. The maximum Gasteiger partial charge on any atom is 0.326 e. The van der Waals surface area contributed by atoms with Crippen LogP contribution in [0.3, 0.4) is 0 Å². The zero-order valence-corrected chi connectivity index (χ0v) is 16.3. The number of carbonyl (C=O) groups excluding carboxylic acids is 1. The summed E-state index contributed by atoms with van der Waals surface area (Å²) in [7, 11) is 1.62. The third-order valence-electron chi connectivity index (χ3n) is 5.48. The Bertz CT molecular complexity index is 1070. The van der Waals surface area contributed by atoms with E-state index in [0.29, 0.717) is 13.0 Å². The molecule has 4 rings (SSSR count). The van der Waals surface area contributed by atoms with Crippen LogP contribution in [0.4, 0.5) is 0 Å². The van der Waals surface area contributed by atoms with Gasteiger partial charge in [0, 0.05) is 13.1 Å². The highest BCUT2D eigenvalue weighted by atomic mass is 16.5. The number of hydrogen-bond donors (Lipinski definition) is 1. The van der Waals surface area contributed by atoms with E-state index in [4.69, 9.17) is 4.74 Å². The minimum absolute atomic E-state index is 0.00828.